The first-order chi connectivity index (χ1) is 7.15. The summed E-state index contributed by atoms with van der Waals surface area (Å²) in [7, 11) is 0. The standard InChI is InChI=1S/C10H13NO3S/c1-3-14-10(13)7(2)11-9(12)8-4-5-15-6-8/h4-7H,3H2,1-2H3,(H,11,12)/t7-/m1/s1. The van der Waals surface area contributed by atoms with Gasteiger partial charge in [-0.2, -0.15) is 11.3 Å². The SMILES string of the molecule is CCOC(=O)[C@@H](C)NC(=O)c1ccsc1. The number of thiophene rings is 1. The average molecular weight is 227 g/mol. The van der Waals surface area contributed by atoms with Crippen molar-refractivity contribution in [1.29, 1.82) is 0 Å². The van der Waals surface area contributed by atoms with E-state index >= 15 is 0 Å². The number of esters is 1. The summed E-state index contributed by atoms with van der Waals surface area (Å²) in [6, 6.07) is 1.09. The lowest BCUT2D eigenvalue weighted by atomic mass is 10.3. The van der Waals surface area contributed by atoms with E-state index in [-0.39, 0.29) is 5.91 Å². The molecule has 15 heavy (non-hydrogen) atoms. The van der Waals surface area contributed by atoms with Crippen LogP contribution < -0.4 is 5.32 Å². The zero-order valence-electron chi connectivity index (χ0n) is 8.65. The number of nitrogens with one attached hydrogen (secondary N) is 1. The first-order valence-corrected chi connectivity index (χ1v) is 5.59. The molecule has 1 rings (SSSR count). The van der Waals surface area contributed by atoms with Crippen LogP contribution >= 0.6 is 11.3 Å². The van der Waals surface area contributed by atoms with Crippen molar-refractivity contribution in [2.75, 3.05) is 6.61 Å². The molecule has 0 aliphatic carbocycles. The van der Waals surface area contributed by atoms with Gasteiger partial charge in [0.1, 0.15) is 6.04 Å². The van der Waals surface area contributed by atoms with Crippen LogP contribution in [0.5, 0.6) is 0 Å². The molecule has 1 N–H and O–H groups in total. The number of rotatable bonds is 4. The minimum Gasteiger partial charge on any atom is -0.464 e. The highest BCUT2D eigenvalue weighted by atomic mass is 32.1. The van der Waals surface area contributed by atoms with Crippen LogP contribution in [-0.2, 0) is 9.53 Å². The van der Waals surface area contributed by atoms with Crippen molar-refractivity contribution in [3.63, 3.8) is 0 Å². The van der Waals surface area contributed by atoms with Crippen molar-refractivity contribution in [3.8, 4) is 0 Å². The Hall–Kier alpha value is -1.36. The molecule has 0 saturated carbocycles. The van der Waals surface area contributed by atoms with Crippen molar-refractivity contribution in [1.82, 2.24) is 5.32 Å². The van der Waals surface area contributed by atoms with Crippen LogP contribution in [0, 0.1) is 0 Å². The zero-order chi connectivity index (χ0) is 11.3. The Morgan fingerprint density at radius 3 is 2.87 bits per heavy atom. The average Bonchev–Trinajstić information content (AvgIpc) is 2.70. The van der Waals surface area contributed by atoms with E-state index in [0.29, 0.717) is 12.2 Å². The monoisotopic (exact) mass is 227 g/mol. The molecular weight excluding hydrogens is 214 g/mol. The molecule has 0 unspecified atom stereocenters. The molecular formula is C10H13NO3S. The van der Waals surface area contributed by atoms with Crippen molar-refractivity contribution in [2.45, 2.75) is 19.9 Å². The van der Waals surface area contributed by atoms with Crippen LogP contribution in [0.3, 0.4) is 0 Å². The van der Waals surface area contributed by atoms with Crippen molar-refractivity contribution in [3.05, 3.63) is 22.4 Å². The molecule has 0 fully saturated rings. The second kappa shape index (κ2) is 5.50. The van der Waals surface area contributed by atoms with Gasteiger partial charge in [0.2, 0.25) is 0 Å². The Morgan fingerprint density at radius 1 is 1.60 bits per heavy atom. The van der Waals surface area contributed by atoms with Crippen molar-refractivity contribution >= 4 is 23.2 Å². The van der Waals surface area contributed by atoms with Crippen LogP contribution in [0.15, 0.2) is 16.8 Å². The maximum Gasteiger partial charge on any atom is 0.328 e. The molecule has 0 aliphatic heterocycles. The van der Waals surface area contributed by atoms with E-state index in [4.69, 9.17) is 4.74 Å². The number of carbonyl (C=O) groups excluding carboxylic acids is 2. The largest absolute Gasteiger partial charge is 0.464 e. The molecule has 0 bridgehead atoms. The fourth-order valence-corrected chi connectivity index (χ4v) is 1.64. The second-order valence-electron chi connectivity index (χ2n) is 2.96. The third-order valence-electron chi connectivity index (χ3n) is 1.77. The Kier molecular flexibility index (Phi) is 4.30. The second-order valence-corrected chi connectivity index (χ2v) is 3.74. The van der Waals surface area contributed by atoms with Crippen LogP contribution in [0.25, 0.3) is 0 Å². The molecule has 82 valence electrons. The van der Waals surface area contributed by atoms with Gasteiger partial charge in [-0.15, -0.1) is 0 Å². The van der Waals surface area contributed by atoms with E-state index in [1.54, 1.807) is 25.3 Å². The summed E-state index contributed by atoms with van der Waals surface area (Å²) >= 11 is 1.44. The van der Waals surface area contributed by atoms with Gasteiger partial charge in [-0.05, 0) is 25.3 Å². The van der Waals surface area contributed by atoms with Gasteiger partial charge in [0.15, 0.2) is 0 Å². The maximum absolute atomic E-state index is 11.5. The third kappa shape index (κ3) is 3.36. The van der Waals surface area contributed by atoms with E-state index < -0.39 is 12.0 Å². The van der Waals surface area contributed by atoms with Crippen LogP contribution in [0.1, 0.15) is 24.2 Å². The van der Waals surface area contributed by atoms with E-state index in [1.165, 1.54) is 11.3 Å². The van der Waals surface area contributed by atoms with Gasteiger partial charge in [0, 0.05) is 5.38 Å². The summed E-state index contributed by atoms with van der Waals surface area (Å²) < 4.78 is 4.77. The van der Waals surface area contributed by atoms with Crippen LogP contribution in [0.2, 0.25) is 0 Å². The van der Waals surface area contributed by atoms with E-state index in [9.17, 15) is 9.59 Å². The van der Waals surface area contributed by atoms with Crippen molar-refractivity contribution in [2.24, 2.45) is 0 Å². The fraction of sp³-hybridized carbons (Fsp3) is 0.400. The van der Waals surface area contributed by atoms with Gasteiger partial charge in [-0.1, -0.05) is 0 Å². The summed E-state index contributed by atoms with van der Waals surface area (Å²) in [5.41, 5.74) is 0.566. The molecule has 4 nitrogen and oxygen atoms in total. The first kappa shape index (κ1) is 11.7. The molecule has 1 amide bonds. The number of hydrogen-bond acceptors (Lipinski definition) is 4. The fourth-order valence-electron chi connectivity index (χ4n) is 1.000. The lowest BCUT2D eigenvalue weighted by Crippen LogP contribution is -2.39. The minimum absolute atomic E-state index is 0.253. The van der Waals surface area contributed by atoms with E-state index in [2.05, 4.69) is 5.32 Å². The molecule has 1 atom stereocenters. The zero-order valence-corrected chi connectivity index (χ0v) is 9.47. The molecule has 1 aromatic heterocycles. The number of amides is 1. The molecule has 1 heterocycles. The Labute approximate surface area is 92.2 Å². The van der Waals surface area contributed by atoms with Crippen LogP contribution in [-0.4, -0.2) is 24.5 Å². The van der Waals surface area contributed by atoms with Gasteiger partial charge in [-0.25, -0.2) is 4.79 Å². The summed E-state index contributed by atoms with van der Waals surface area (Å²) in [5.74, 6) is -0.669. The number of ether oxygens (including phenoxy) is 1. The topological polar surface area (TPSA) is 55.4 Å². The Balaban J connectivity index is 2.48. The van der Waals surface area contributed by atoms with Gasteiger partial charge in [0.25, 0.3) is 5.91 Å². The third-order valence-corrected chi connectivity index (χ3v) is 2.45. The van der Waals surface area contributed by atoms with Crippen LogP contribution in [0.4, 0.5) is 0 Å². The van der Waals surface area contributed by atoms with E-state index in [0.717, 1.165) is 0 Å². The highest BCUT2D eigenvalue weighted by Crippen LogP contribution is 2.05. The molecule has 0 aromatic carbocycles. The summed E-state index contributed by atoms with van der Waals surface area (Å²) in [4.78, 5) is 22.7. The molecule has 5 heteroatoms. The van der Waals surface area contributed by atoms with Gasteiger partial charge < -0.3 is 10.1 Å². The molecule has 0 radical (unpaired) electrons. The Bertz CT molecular complexity index is 334. The summed E-state index contributed by atoms with van der Waals surface area (Å²) in [6.07, 6.45) is 0. The minimum atomic E-state index is -0.614. The first-order valence-electron chi connectivity index (χ1n) is 4.64. The predicted molar refractivity (Wildman–Crippen MR) is 57.9 cm³/mol. The van der Waals surface area contributed by atoms with Crippen molar-refractivity contribution < 1.29 is 14.3 Å². The summed E-state index contributed by atoms with van der Waals surface area (Å²) in [5, 5.41) is 6.10. The number of carbonyl (C=O) groups is 2. The summed E-state index contributed by atoms with van der Waals surface area (Å²) in [6.45, 7) is 3.64. The molecule has 0 saturated heterocycles. The highest BCUT2D eigenvalue weighted by molar-refractivity contribution is 7.08. The highest BCUT2D eigenvalue weighted by Gasteiger charge is 2.17. The smallest absolute Gasteiger partial charge is 0.328 e. The van der Waals surface area contributed by atoms with E-state index in [1.807, 2.05) is 5.38 Å². The molecule has 1 aromatic rings. The van der Waals surface area contributed by atoms with Gasteiger partial charge >= 0.3 is 5.97 Å². The predicted octanol–water partition coefficient (Wildman–Crippen LogP) is 1.43. The Morgan fingerprint density at radius 2 is 2.33 bits per heavy atom. The lowest BCUT2D eigenvalue weighted by molar-refractivity contribution is -0.144. The normalized spacial score (nSPS) is 11.9. The van der Waals surface area contributed by atoms with Gasteiger partial charge in [-0.3, -0.25) is 4.79 Å². The maximum atomic E-state index is 11.5. The molecule has 0 spiro atoms. The van der Waals surface area contributed by atoms with Gasteiger partial charge in [0.05, 0.1) is 12.2 Å². The quantitative estimate of drug-likeness (QED) is 0.792. The number of hydrogen-bond donors (Lipinski definition) is 1. The molecule has 0 aliphatic rings. The lowest BCUT2D eigenvalue weighted by Gasteiger charge is -2.11.